The quantitative estimate of drug-likeness (QED) is 0.792. The highest BCUT2D eigenvalue weighted by Gasteiger charge is 2.07. The minimum Gasteiger partial charge on any atom is -0.486 e. The monoisotopic (exact) mass is 382 g/mol. The fraction of sp³-hybridized carbons (Fsp3) is 0.111. The molecule has 0 atom stereocenters. The van der Waals surface area contributed by atoms with E-state index in [1.807, 2.05) is 18.2 Å². The molecular weight excluding hydrogens is 379 g/mol. The molecule has 1 aromatic heterocycles. The van der Waals surface area contributed by atoms with Crippen LogP contribution in [0, 0.1) is 0 Å². The molecule has 2 rings (SSSR count). The summed E-state index contributed by atoms with van der Waals surface area (Å²) < 4.78 is 11.7. The van der Waals surface area contributed by atoms with Crippen LogP contribution < -0.4 is 4.74 Å². The third kappa shape index (κ3) is 2.94. The van der Waals surface area contributed by atoms with Crippen molar-refractivity contribution in [3.8, 4) is 5.75 Å². The van der Waals surface area contributed by atoms with Crippen LogP contribution in [0.2, 0.25) is 4.34 Å². The van der Waals surface area contributed by atoms with E-state index in [1.165, 1.54) is 0 Å². The molecule has 0 bridgehead atoms. The number of rotatable bonds is 3. The van der Waals surface area contributed by atoms with Crippen molar-refractivity contribution >= 4 is 55.0 Å². The highest BCUT2D eigenvalue weighted by atomic mass is 79.9. The standard InChI is InChI=1S/C9H5Br2ClN2OS/c10-5-1-2-8(6(11)3-5)15-4-7-9(12)16-14-13-7/h1-3H,4H2. The Labute approximate surface area is 118 Å². The van der Waals surface area contributed by atoms with Crippen molar-refractivity contribution in [3.63, 3.8) is 0 Å². The molecule has 7 heteroatoms. The van der Waals surface area contributed by atoms with Crippen LogP contribution in [0.5, 0.6) is 5.75 Å². The molecule has 0 spiro atoms. The molecule has 0 radical (unpaired) electrons. The van der Waals surface area contributed by atoms with Gasteiger partial charge in [-0.05, 0) is 34.1 Å². The summed E-state index contributed by atoms with van der Waals surface area (Å²) in [6, 6.07) is 5.68. The zero-order chi connectivity index (χ0) is 11.5. The highest BCUT2D eigenvalue weighted by Crippen LogP contribution is 2.29. The van der Waals surface area contributed by atoms with Gasteiger partial charge in [-0.15, -0.1) is 5.10 Å². The Balaban J connectivity index is 2.08. The van der Waals surface area contributed by atoms with Crippen molar-refractivity contribution in [1.29, 1.82) is 0 Å². The zero-order valence-corrected chi connectivity index (χ0v) is 12.5. The van der Waals surface area contributed by atoms with E-state index in [1.54, 1.807) is 0 Å². The molecule has 0 unspecified atom stereocenters. The lowest BCUT2D eigenvalue weighted by Crippen LogP contribution is -1.97. The Morgan fingerprint density at radius 3 is 2.81 bits per heavy atom. The zero-order valence-electron chi connectivity index (χ0n) is 7.78. The van der Waals surface area contributed by atoms with E-state index >= 15 is 0 Å². The summed E-state index contributed by atoms with van der Waals surface area (Å²) in [6.45, 7) is 0.315. The molecular formula is C9H5Br2ClN2OS. The largest absolute Gasteiger partial charge is 0.486 e. The number of benzene rings is 1. The van der Waals surface area contributed by atoms with Gasteiger partial charge >= 0.3 is 0 Å². The van der Waals surface area contributed by atoms with E-state index < -0.39 is 0 Å². The molecule has 3 nitrogen and oxygen atoms in total. The molecule has 16 heavy (non-hydrogen) atoms. The van der Waals surface area contributed by atoms with Gasteiger partial charge in [-0.3, -0.25) is 0 Å². The van der Waals surface area contributed by atoms with Gasteiger partial charge in [0, 0.05) is 16.0 Å². The first-order valence-corrected chi connectivity index (χ1v) is 6.95. The van der Waals surface area contributed by atoms with Crippen LogP contribution in [0.4, 0.5) is 0 Å². The van der Waals surface area contributed by atoms with Crippen LogP contribution in [0.25, 0.3) is 0 Å². The molecule has 0 saturated heterocycles. The number of hydrogen-bond donors (Lipinski definition) is 0. The fourth-order valence-corrected chi connectivity index (χ4v) is 2.78. The number of ether oxygens (including phenoxy) is 1. The van der Waals surface area contributed by atoms with Crippen LogP contribution in [-0.2, 0) is 6.61 Å². The normalized spacial score (nSPS) is 10.4. The van der Waals surface area contributed by atoms with Crippen molar-refractivity contribution in [2.45, 2.75) is 6.61 Å². The van der Waals surface area contributed by atoms with E-state index in [9.17, 15) is 0 Å². The smallest absolute Gasteiger partial charge is 0.141 e. The average molecular weight is 384 g/mol. The van der Waals surface area contributed by atoms with Gasteiger partial charge in [-0.2, -0.15) is 0 Å². The predicted molar refractivity (Wildman–Crippen MR) is 71.1 cm³/mol. The van der Waals surface area contributed by atoms with Crippen LogP contribution in [-0.4, -0.2) is 9.59 Å². The van der Waals surface area contributed by atoms with Crippen molar-refractivity contribution in [2.75, 3.05) is 0 Å². The molecule has 1 heterocycles. The van der Waals surface area contributed by atoms with Gasteiger partial charge in [0.25, 0.3) is 0 Å². The van der Waals surface area contributed by atoms with Crippen LogP contribution in [0.15, 0.2) is 27.1 Å². The van der Waals surface area contributed by atoms with Crippen molar-refractivity contribution < 1.29 is 4.74 Å². The SMILES string of the molecule is Clc1snnc1COc1ccc(Br)cc1Br. The van der Waals surface area contributed by atoms with Crippen molar-refractivity contribution in [1.82, 2.24) is 9.59 Å². The highest BCUT2D eigenvalue weighted by molar-refractivity contribution is 9.11. The number of hydrogen-bond acceptors (Lipinski definition) is 4. The topological polar surface area (TPSA) is 35.0 Å². The number of nitrogens with zero attached hydrogens (tertiary/aromatic N) is 2. The summed E-state index contributed by atoms with van der Waals surface area (Å²) in [5.74, 6) is 0.743. The average Bonchev–Trinajstić information content (AvgIpc) is 2.63. The van der Waals surface area contributed by atoms with Gasteiger partial charge in [0.15, 0.2) is 0 Å². The maximum atomic E-state index is 5.87. The van der Waals surface area contributed by atoms with E-state index in [0.717, 1.165) is 26.2 Å². The molecule has 0 N–H and O–H groups in total. The maximum Gasteiger partial charge on any atom is 0.141 e. The second-order valence-electron chi connectivity index (χ2n) is 2.86. The summed E-state index contributed by atoms with van der Waals surface area (Å²) in [6.07, 6.45) is 0. The number of aromatic nitrogens is 2. The molecule has 0 amide bonds. The fourth-order valence-electron chi connectivity index (χ4n) is 1.02. The summed E-state index contributed by atoms with van der Waals surface area (Å²) in [4.78, 5) is 0. The Bertz CT molecular complexity index is 506. The summed E-state index contributed by atoms with van der Waals surface area (Å²) in [5.41, 5.74) is 0.654. The van der Waals surface area contributed by atoms with Gasteiger partial charge in [0.2, 0.25) is 0 Å². The summed E-state index contributed by atoms with van der Waals surface area (Å²) in [7, 11) is 0. The van der Waals surface area contributed by atoms with Gasteiger partial charge in [-0.25, -0.2) is 0 Å². The minimum atomic E-state index is 0.315. The molecule has 0 fully saturated rings. The summed E-state index contributed by atoms with van der Waals surface area (Å²) in [5, 5.41) is 3.87. The van der Waals surface area contributed by atoms with Gasteiger partial charge in [0.1, 0.15) is 22.4 Å². The van der Waals surface area contributed by atoms with E-state index in [-0.39, 0.29) is 0 Å². The molecule has 0 aliphatic heterocycles. The van der Waals surface area contributed by atoms with E-state index in [2.05, 4.69) is 41.4 Å². The Morgan fingerprint density at radius 2 is 2.19 bits per heavy atom. The maximum absolute atomic E-state index is 5.87. The Kier molecular flexibility index (Phi) is 4.18. The second kappa shape index (κ2) is 5.44. The van der Waals surface area contributed by atoms with Gasteiger partial charge in [0.05, 0.1) is 4.47 Å². The number of halogens is 3. The van der Waals surface area contributed by atoms with Crippen LogP contribution in [0.3, 0.4) is 0 Å². The first-order valence-electron chi connectivity index (χ1n) is 4.21. The molecule has 0 aliphatic carbocycles. The second-order valence-corrected chi connectivity index (χ2v) is 5.98. The van der Waals surface area contributed by atoms with E-state index in [4.69, 9.17) is 16.3 Å². The first-order chi connectivity index (χ1) is 7.66. The molecule has 0 aliphatic rings. The predicted octanol–water partition coefficient (Wildman–Crippen LogP) is 4.30. The Morgan fingerprint density at radius 1 is 1.38 bits per heavy atom. The third-order valence-electron chi connectivity index (χ3n) is 1.77. The van der Waals surface area contributed by atoms with Gasteiger partial charge < -0.3 is 4.74 Å². The van der Waals surface area contributed by atoms with E-state index in [0.29, 0.717) is 16.6 Å². The lowest BCUT2D eigenvalue weighted by molar-refractivity contribution is 0.299. The van der Waals surface area contributed by atoms with Crippen LogP contribution >= 0.6 is 55.0 Å². The first kappa shape index (κ1) is 12.3. The third-order valence-corrected chi connectivity index (χ3v) is 3.87. The molecule has 84 valence electrons. The van der Waals surface area contributed by atoms with Crippen LogP contribution in [0.1, 0.15) is 5.69 Å². The molecule has 1 aromatic carbocycles. The van der Waals surface area contributed by atoms with Gasteiger partial charge in [-0.1, -0.05) is 32.0 Å². The molecule has 2 aromatic rings. The lowest BCUT2D eigenvalue weighted by atomic mass is 10.3. The Hall–Kier alpha value is -0.170. The van der Waals surface area contributed by atoms with Crippen molar-refractivity contribution in [3.05, 3.63) is 37.2 Å². The molecule has 0 saturated carbocycles. The lowest BCUT2D eigenvalue weighted by Gasteiger charge is -2.06. The van der Waals surface area contributed by atoms with Crippen molar-refractivity contribution in [2.24, 2.45) is 0 Å². The minimum absolute atomic E-state index is 0.315. The summed E-state index contributed by atoms with van der Waals surface area (Å²) >= 11 is 13.8.